The number of halogens is 1. The van der Waals surface area contributed by atoms with Crippen LogP contribution in [0.1, 0.15) is 37.3 Å². The van der Waals surface area contributed by atoms with Crippen molar-refractivity contribution in [1.82, 2.24) is 0 Å². The van der Waals surface area contributed by atoms with Gasteiger partial charge in [0.25, 0.3) is 0 Å². The van der Waals surface area contributed by atoms with E-state index >= 15 is 0 Å². The molecule has 0 unspecified atom stereocenters. The van der Waals surface area contributed by atoms with Crippen molar-refractivity contribution in [1.29, 1.82) is 0 Å². The highest BCUT2D eigenvalue weighted by Crippen LogP contribution is 2.34. The molecular formula is C13H20ClNO2S. The number of nitrogens with two attached hydrogens (primary N) is 1. The molecule has 0 spiro atoms. The molecule has 2 rings (SSSR count). The molecule has 18 heavy (non-hydrogen) atoms. The second-order valence-electron chi connectivity index (χ2n) is 4.91. The minimum Gasteiger partial charge on any atom is -0.324 e. The van der Waals surface area contributed by atoms with E-state index in [2.05, 4.69) is 0 Å². The van der Waals surface area contributed by atoms with Crippen molar-refractivity contribution in [2.24, 2.45) is 11.7 Å². The molecule has 0 aliphatic heterocycles. The fourth-order valence-electron chi connectivity index (χ4n) is 2.53. The maximum absolute atomic E-state index is 11.3. The Kier molecular flexibility index (Phi) is 5.20. The molecule has 0 saturated heterocycles. The van der Waals surface area contributed by atoms with E-state index in [1.807, 2.05) is 12.1 Å². The SMILES string of the molecule is CS(=O)(=O)c1ccc([C@@H](N)C2CCCC2)cc1.Cl. The minimum atomic E-state index is -3.11. The molecule has 1 saturated carbocycles. The maximum Gasteiger partial charge on any atom is 0.175 e. The van der Waals surface area contributed by atoms with Crippen LogP contribution in [0.3, 0.4) is 0 Å². The zero-order chi connectivity index (χ0) is 12.5. The zero-order valence-electron chi connectivity index (χ0n) is 10.5. The van der Waals surface area contributed by atoms with Crippen molar-refractivity contribution in [2.45, 2.75) is 36.6 Å². The molecular weight excluding hydrogens is 270 g/mol. The van der Waals surface area contributed by atoms with Gasteiger partial charge in [-0.25, -0.2) is 8.42 Å². The molecule has 0 amide bonds. The number of hydrogen-bond donors (Lipinski definition) is 1. The largest absolute Gasteiger partial charge is 0.324 e. The molecule has 0 aromatic heterocycles. The average Bonchev–Trinajstić information content (AvgIpc) is 2.80. The fourth-order valence-corrected chi connectivity index (χ4v) is 3.16. The van der Waals surface area contributed by atoms with Gasteiger partial charge in [0.2, 0.25) is 0 Å². The van der Waals surface area contributed by atoms with Crippen LogP contribution in [-0.4, -0.2) is 14.7 Å². The summed E-state index contributed by atoms with van der Waals surface area (Å²) in [5.41, 5.74) is 7.26. The van der Waals surface area contributed by atoms with Gasteiger partial charge in [0.15, 0.2) is 9.84 Å². The highest BCUT2D eigenvalue weighted by atomic mass is 35.5. The van der Waals surface area contributed by atoms with Crippen LogP contribution in [0.2, 0.25) is 0 Å². The second-order valence-corrected chi connectivity index (χ2v) is 6.93. The van der Waals surface area contributed by atoms with E-state index in [-0.39, 0.29) is 18.4 Å². The molecule has 1 aliphatic carbocycles. The molecule has 1 atom stereocenters. The standard InChI is InChI=1S/C13H19NO2S.ClH/c1-17(15,16)12-8-6-11(7-9-12)13(14)10-4-2-3-5-10;/h6-10,13H,2-5,14H2,1H3;1H/t13-;/m0./s1. The van der Waals surface area contributed by atoms with Gasteiger partial charge >= 0.3 is 0 Å². The van der Waals surface area contributed by atoms with Crippen molar-refractivity contribution < 1.29 is 8.42 Å². The molecule has 102 valence electrons. The summed E-state index contributed by atoms with van der Waals surface area (Å²) in [4.78, 5) is 0.361. The summed E-state index contributed by atoms with van der Waals surface area (Å²) in [5.74, 6) is 0.555. The number of sulfone groups is 1. The highest BCUT2D eigenvalue weighted by molar-refractivity contribution is 7.90. The minimum absolute atomic E-state index is 0. The van der Waals surface area contributed by atoms with Crippen LogP contribution < -0.4 is 5.73 Å². The summed E-state index contributed by atoms with van der Waals surface area (Å²) in [6.07, 6.45) is 6.13. The first-order chi connectivity index (χ1) is 7.98. The molecule has 0 heterocycles. The van der Waals surface area contributed by atoms with E-state index < -0.39 is 9.84 Å². The summed E-state index contributed by atoms with van der Waals surface area (Å²) in [6, 6.07) is 7.05. The molecule has 0 radical (unpaired) electrons. The van der Waals surface area contributed by atoms with Gasteiger partial charge in [-0.3, -0.25) is 0 Å². The zero-order valence-corrected chi connectivity index (χ0v) is 12.1. The van der Waals surface area contributed by atoms with E-state index in [1.54, 1.807) is 12.1 Å². The smallest absolute Gasteiger partial charge is 0.175 e. The van der Waals surface area contributed by atoms with E-state index in [4.69, 9.17) is 5.73 Å². The lowest BCUT2D eigenvalue weighted by atomic mass is 9.93. The summed E-state index contributed by atoms with van der Waals surface area (Å²) in [5, 5.41) is 0. The third-order valence-electron chi connectivity index (χ3n) is 3.60. The van der Waals surface area contributed by atoms with Crippen molar-refractivity contribution >= 4 is 22.2 Å². The summed E-state index contributed by atoms with van der Waals surface area (Å²) < 4.78 is 22.7. The summed E-state index contributed by atoms with van der Waals surface area (Å²) in [6.45, 7) is 0. The summed E-state index contributed by atoms with van der Waals surface area (Å²) >= 11 is 0. The first-order valence-electron chi connectivity index (χ1n) is 6.04. The predicted molar refractivity (Wildman–Crippen MR) is 75.7 cm³/mol. The van der Waals surface area contributed by atoms with E-state index in [9.17, 15) is 8.42 Å². The lowest BCUT2D eigenvalue weighted by Gasteiger charge is -2.19. The second kappa shape index (κ2) is 6.04. The van der Waals surface area contributed by atoms with Crippen molar-refractivity contribution in [3.8, 4) is 0 Å². The third kappa shape index (κ3) is 3.46. The fraction of sp³-hybridized carbons (Fsp3) is 0.538. The Morgan fingerprint density at radius 2 is 1.67 bits per heavy atom. The number of benzene rings is 1. The highest BCUT2D eigenvalue weighted by Gasteiger charge is 2.23. The number of rotatable bonds is 3. The van der Waals surface area contributed by atoms with Crippen molar-refractivity contribution in [3.63, 3.8) is 0 Å². The van der Waals surface area contributed by atoms with Crippen LogP contribution in [0.15, 0.2) is 29.2 Å². The van der Waals surface area contributed by atoms with Gasteiger partial charge in [0.1, 0.15) is 0 Å². The maximum atomic E-state index is 11.3. The van der Waals surface area contributed by atoms with Crippen LogP contribution in [0.5, 0.6) is 0 Å². The normalized spacial score (nSPS) is 18.3. The van der Waals surface area contributed by atoms with E-state index in [0.717, 1.165) is 5.56 Å². The van der Waals surface area contributed by atoms with Gasteiger partial charge in [0.05, 0.1) is 4.90 Å². The molecule has 1 aromatic rings. The van der Waals surface area contributed by atoms with Gasteiger partial charge in [0, 0.05) is 12.3 Å². The predicted octanol–water partition coefficient (Wildman–Crippen LogP) is 2.70. The Hall–Kier alpha value is -0.580. The average molecular weight is 290 g/mol. The molecule has 3 nitrogen and oxygen atoms in total. The van der Waals surface area contributed by atoms with Crippen LogP contribution in [0.4, 0.5) is 0 Å². The van der Waals surface area contributed by atoms with Gasteiger partial charge in [-0.1, -0.05) is 25.0 Å². The quantitative estimate of drug-likeness (QED) is 0.931. The Bertz CT molecular complexity index is 478. The Morgan fingerprint density at radius 1 is 1.17 bits per heavy atom. The Balaban J connectivity index is 0.00000162. The van der Waals surface area contributed by atoms with Gasteiger partial charge in [-0.15, -0.1) is 12.4 Å². The Labute approximate surface area is 115 Å². The van der Waals surface area contributed by atoms with Crippen molar-refractivity contribution in [2.75, 3.05) is 6.26 Å². The van der Waals surface area contributed by atoms with Crippen molar-refractivity contribution in [3.05, 3.63) is 29.8 Å². The first-order valence-corrected chi connectivity index (χ1v) is 7.93. The van der Waals surface area contributed by atoms with Crippen LogP contribution in [0, 0.1) is 5.92 Å². The van der Waals surface area contributed by atoms with Gasteiger partial charge in [-0.05, 0) is 36.5 Å². The van der Waals surface area contributed by atoms with Crippen LogP contribution in [0.25, 0.3) is 0 Å². The monoisotopic (exact) mass is 289 g/mol. The molecule has 5 heteroatoms. The van der Waals surface area contributed by atoms with Crippen LogP contribution >= 0.6 is 12.4 Å². The first kappa shape index (κ1) is 15.5. The number of hydrogen-bond acceptors (Lipinski definition) is 3. The van der Waals surface area contributed by atoms with Gasteiger partial charge < -0.3 is 5.73 Å². The third-order valence-corrected chi connectivity index (χ3v) is 4.73. The Morgan fingerprint density at radius 3 is 2.11 bits per heavy atom. The lowest BCUT2D eigenvalue weighted by Crippen LogP contribution is -2.19. The van der Waals surface area contributed by atoms with Gasteiger partial charge in [-0.2, -0.15) is 0 Å². The molecule has 1 fully saturated rings. The van der Waals surface area contributed by atoms with E-state index in [0.29, 0.717) is 10.8 Å². The molecule has 1 aliphatic rings. The molecule has 0 bridgehead atoms. The van der Waals surface area contributed by atoms with Crippen LogP contribution in [-0.2, 0) is 9.84 Å². The molecule has 2 N–H and O–H groups in total. The summed E-state index contributed by atoms with van der Waals surface area (Å²) in [7, 11) is -3.11. The lowest BCUT2D eigenvalue weighted by molar-refractivity contribution is 0.445. The topological polar surface area (TPSA) is 60.2 Å². The van der Waals surface area contributed by atoms with E-state index in [1.165, 1.54) is 31.9 Å². The molecule has 1 aromatic carbocycles.